The van der Waals surface area contributed by atoms with Crippen LogP contribution in [0.2, 0.25) is 0 Å². The van der Waals surface area contributed by atoms with Gasteiger partial charge in [-0.1, -0.05) is 29.5 Å². The SMILES string of the molecule is Cc1c(C(N)c2cccc(S(N)(=O)=O)c2)c(=O)oc2c1=CC(Cl)C(Oc1nccs1)C=2. The Bertz CT molecular complexity index is 1420. The molecule has 4 N–H and O–H groups in total. The summed E-state index contributed by atoms with van der Waals surface area (Å²) in [7, 11) is -3.91. The van der Waals surface area contributed by atoms with Crippen molar-refractivity contribution >= 4 is 45.1 Å². The molecule has 0 bridgehead atoms. The lowest BCUT2D eigenvalue weighted by atomic mass is 9.95. The van der Waals surface area contributed by atoms with Gasteiger partial charge in [-0.3, -0.25) is 0 Å². The Morgan fingerprint density at radius 1 is 1.32 bits per heavy atom. The number of primary sulfonamides is 1. The molecule has 0 saturated carbocycles. The lowest BCUT2D eigenvalue weighted by molar-refractivity contribution is 0.267. The highest BCUT2D eigenvalue weighted by Gasteiger charge is 2.25. The van der Waals surface area contributed by atoms with Gasteiger partial charge in [-0.25, -0.2) is 23.3 Å². The Labute approximate surface area is 186 Å². The van der Waals surface area contributed by atoms with Crippen molar-refractivity contribution in [3.63, 3.8) is 0 Å². The fourth-order valence-corrected chi connectivity index (χ4v) is 4.76. The highest BCUT2D eigenvalue weighted by atomic mass is 35.5. The van der Waals surface area contributed by atoms with Crippen molar-refractivity contribution in [2.24, 2.45) is 10.9 Å². The van der Waals surface area contributed by atoms with Gasteiger partial charge in [0.1, 0.15) is 11.5 Å². The predicted octanol–water partition coefficient (Wildman–Crippen LogP) is 0.730. The van der Waals surface area contributed by atoms with Crippen molar-refractivity contribution < 1.29 is 17.6 Å². The minimum Gasteiger partial charge on any atom is -0.460 e. The Hall–Kier alpha value is -2.50. The number of hydrogen-bond acceptors (Lipinski definition) is 8. The van der Waals surface area contributed by atoms with Crippen molar-refractivity contribution in [3.05, 3.63) is 73.6 Å². The second kappa shape index (κ2) is 8.21. The number of sulfonamides is 1. The number of benzene rings is 1. The fourth-order valence-electron chi connectivity index (χ4n) is 3.41. The van der Waals surface area contributed by atoms with Crippen LogP contribution in [0.3, 0.4) is 0 Å². The molecule has 0 saturated heterocycles. The third kappa shape index (κ3) is 4.30. The van der Waals surface area contributed by atoms with Crippen LogP contribution in [0.25, 0.3) is 12.2 Å². The van der Waals surface area contributed by atoms with Crippen LogP contribution in [-0.2, 0) is 10.0 Å². The monoisotopic (exact) mass is 479 g/mol. The number of rotatable bonds is 5. The van der Waals surface area contributed by atoms with E-state index in [1.54, 1.807) is 36.7 Å². The summed E-state index contributed by atoms with van der Waals surface area (Å²) in [5.41, 5.74) is 7.24. The van der Waals surface area contributed by atoms with Crippen LogP contribution in [0.15, 0.2) is 49.9 Å². The van der Waals surface area contributed by atoms with Crippen molar-refractivity contribution in [1.29, 1.82) is 0 Å². The van der Waals surface area contributed by atoms with Gasteiger partial charge < -0.3 is 14.9 Å². The van der Waals surface area contributed by atoms with Gasteiger partial charge in [0.25, 0.3) is 5.19 Å². The zero-order valence-corrected chi connectivity index (χ0v) is 18.6. The molecule has 1 aromatic carbocycles. The third-order valence-corrected chi connectivity index (χ3v) is 6.90. The van der Waals surface area contributed by atoms with Gasteiger partial charge in [-0.05, 0) is 30.2 Å². The van der Waals surface area contributed by atoms with Crippen LogP contribution in [0.4, 0.5) is 0 Å². The molecule has 162 valence electrons. The van der Waals surface area contributed by atoms with Crippen LogP contribution in [-0.4, -0.2) is 24.9 Å². The highest BCUT2D eigenvalue weighted by Crippen LogP contribution is 2.23. The molecule has 3 atom stereocenters. The van der Waals surface area contributed by atoms with E-state index < -0.39 is 33.2 Å². The smallest absolute Gasteiger partial charge is 0.341 e. The van der Waals surface area contributed by atoms with Gasteiger partial charge >= 0.3 is 5.63 Å². The van der Waals surface area contributed by atoms with Crippen LogP contribution >= 0.6 is 22.9 Å². The van der Waals surface area contributed by atoms with E-state index in [0.29, 0.717) is 27.0 Å². The van der Waals surface area contributed by atoms with Gasteiger partial charge in [0, 0.05) is 22.9 Å². The molecule has 2 aromatic heterocycles. The van der Waals surface area contributed by atoms with E-state index in [0.717, 1.165) is 0 Å². The molecule has 2 heterocycles. The Morgan fingerprint density at radius 3 is 2.77 bits per heavy atom. The highest BCUT2D eigenvalue weighted by molar-refractivity contribution is 7.89. The van der Waals surface area contributed by atoms with E-state index in [-0.39, 0.29) is 10.5 Å². The van der Waals surface area contributed by atoms with Crippen molar-refractivity contribution in [2.45, 2.75) is 29.3 Å². The number of aromatic nitrogens is 1. The third-order valence-electron chi connectivity index (χ3n) is 4.95. The first-order valence-electron chi connectivity index (χ1n) is 9.11. The molecule has 0 amide bonds. The fraction of sp³-hybridized carbons (Fsp3) is 0.200. The van der Waals surface area contributed by atoms with Gasteiger partial charge in [0.2, 0.25) is 10.0 Å². The van der Waals surface area contributed by atoms with Gasteiger partial charge in [0.15, 0.2) is 0 Å². The molecule has 3 unspecified atom stereocenters. The average Bonchev–Trinajstić information content (AvgIpc) is 3.22. The molecule has 0 spiro atoms. The van der Waals surface area contributed by atoms with E-state index >= 15 is 0 Å². The lowest BCUT2D eigenvalue weighted by Crippen LogP contribution is -2.43. The largest absolute Gasteiger partial charge is 0.460 e. The van der Waals surface area contributed by atoms with Crippen molar-refractivity contribution in [2.75, 3.05) is 0 Å². The maximum atomic E-state index is 12.8. The van der Waals surface area contributed by atoms with Crippen LogP contribution in [0.5, 0.6) is 5.19 Å². The molecule has 0 fully saturated rings. The van der Waals surface area contributed by atoms with E-state index in [4.69, 9.17) is 31.6 Å². The maximum Gasteiger partial charge on any atom is 0.341 e. The number of nitrogens with two attached hydrogens (primary N) is 2. The summed E-state index contributed by atoms with van der Waals surface area (Å²) in [6.45, 7) is 1.74. The molecule has 0 aliphatic heterocycles. The minimum absolute atomic E-state index is 0.0941. The number of hydrogen-bond donors (Lipinski definition) is 2. The summed E-state index contributed by atoms with van der Waals surface area (Å²) < 4.78 is 34.6. The zero-order valence-electron chi connectivity index (χ0n) is 16.2. The van der Waals surface area contributed by atoms with E-state index in [1.165, 1.54) is 29.5 Å². The van der Waals surface area contributed by atoms with Gasteiger partial charge in [-0.2, -0.15) is 0 Å². The van der Waals surface area contributed by atoms with Crippen molar-refractivity contribution in [3.8, 4) is 5.19 Å². The number of alkyl halides is 1. The predicted molar refractivity (Wildman–Crippen MR) is 118 cm³/mol. The molecule has 31 heavy (non-hydrogen) atoms. The Morgan fingerprint density at radius 2 is 2.10 bits per heavy atom. The normalized spacial score (nSPS) is 19.1. The quantitative estimate of drug-likeness (QED) is 0.514. The second-order valence-corrected chi connectivity index (χ2v) is 9.88. The number of ether oxygens (including phenoxy) is 1. The number of halogens is 1. The second-order valence-electron chi connectivity index (χ2n) is 6.96. The van der Waals surface area contributed by atoms with E-state index in [2.05, 4.69) is 4.98 Å². The van der Waals surface area contributed by atoms with Crippen LogP contribution < -0.4 is 31.9 Å². The number of nitrogens with zero attached hydrogens (tertiary/aromatic N) is 1. The van der Waals surface area contributed by atoms with Crippen LogP contribution in [0.1, 0.15) is 22.7 Å². The molecular weight excluding hydrogens is 462 g/mol. The average molecular weight is 480 g/mol. The summed E-state index contributed by atoms with van der Waals surface area (Å²) in [5.74, 6) is 0. The summed E-state index contributed by atoms with van der Waals surface area (Å²) in [5, 5.41) is 7.54. The summed E-state index contributed by atoms with van der Waals surface area (Å²) in [6, 6.07) is 4.91. The molecule has 1 aliphatic carbocycles. The standard InChI is InChI=1S/C20H18ClN3O5S2/c1-10-13-8-14(21)16(29-20-24-5-6-30-20)9-15(13)28-19(25)17(10)18(22)11-3-2-4-12(7-11)31(23,26)27/h2-9,14,16,18H,22H2,1H3,(H2,23,26,27). The van der Waals surface area contributed by atoms with E-state index in [9.17, 15) is 13.2 Å². The van der Waals surface area contributed by atoms with Crippen LogP contribution in [0, 0.1) is 6.92 Å². The summed E-state index contributed by atoms with van der Waals surface area (Å²) in [6.07, 6.45) is 4.44. The van der Waals surface area contributed by atoms with Crippen molar-refractivity contribution in [1.82, 2.24) is 4.98 Å². The Kier molecular flexibility index (Phi) is 5.75. The number of fused-ring (bicyclic) bond motifs is 1. The lowest BCUT2D eigenvalue weighted by Gasteiger charge is -2.21. The van der Waals surface area contributed by atoms with Gasteiger partial charge in [-0.15, -0.1) is 11.6 Å². The van der Waals surface area contributed by atoms with E-state index in [1.807, 2.05) is 0 Å². The molecule has 0 radical (unpaired) electrons. The molecular formula is C20H18ClN3O5S2. The zero-order chi connectivity index (χ0) is 22.3. The molecule has 11 heteroatoms. The first-order chi connectivity index (χ1) is 14.6. The summed E-state index contributed by atoms with van der Waals surface area (Å²) in [4.78, 5) is 16.8. The maximum absolute atomic E-state index is 12.8. The first-order valence-corrected chi connectivity index (χ1v) is 12.0. The topological polar surface area (TPSA) is 139 Å². The Balaban J connectivity index is 1.79. The summed E-state index contributed by atoms with van der Waals surface area (Å²) >= 11 is 7.82. The molecule has 8 nitrogen and oxygen atoms in total. The molecule has 4 rings (SSSR count). The molecule has 3 aromatic rings. The first kappa shape index (κ1) is 21.7. The van der Waals surface area contributed by atoms with Gasteiger partial charge in [0.05, 0.1) is 21.9 Å². The molecule has 1 aliphatic rings. The number of thiazole rings is 1. The minimum atomic E-state index is -3.91.